The van der Waals surface area contributed by atoms with Gasteiger partial charge in [-0.15, -0.1) is 0 Å². The number of carbonyl (C=O) groups excluding carboxylic acids is 2. The van der Waals surface area contributed by atoms with E-state index < -0.39 is 18.0 Å². The molecule has 54 heavy (non-hydrogen) atoms. The van der Waals surface area contributed by atoms with Crippen LogP contribution in [0.2, 0.25) is 5.02 Å². The fourth-order valence-corrected chi connectivity index (χ4v) is 7.28. The van der Waals surface area contributed by atoms with E-state index in [0.29, 0.717) is 17.3 Å². The molecule has 2 heterocycles. The maximum atomic E-state index is 14.2. The van der Waals surface area contributed by atoms with Gasteiger partial charge >= 0.3 is 5.97 Å². The van der Waals surface area contributed by atoms with E-state index in [2.05, 4.69) is 6.08 Å². The molecular weight excluding hydrogens is 700 g/mol. The number of methoxy groups -OCH3 is 2. The number of carbonyl (C=O) groups is 2. The van der Waals surface area contributed by atoms with E-state index in [9.17, 15) is 9.59 Å². The minimum absolute atomic E-state index is 0.0258. The number of allylic oxidation sites excluding steroid dienone is 1. The first-order chi connectivity index (χ1) is 26.3. The molecule has 1 aliphatic heterocycles. The molecule has 2 aliphatic rings. The van der Waals surface area contributed by atoms with Gasteiger partial charge in [-0.3, -0.25) is 9.48 Å². The summed E-state index contributed by atoms with van der Waals surface area (Å²) in [5, 5.41) is 12.0. The first kappa shape index (κ1) is 36.4. The average molecular weight is 741 g/mol. The lowest BCUT2D eigenvalue weighted by atomic mass is 9.77. The molecule has 1 aromatic heterocycles. The Morgan fingerprint density at radius 1 is 0.907 bits per heavy atom. The molecule has 4 aromatic carbocycles. The van der Waals surface area contributed by atoms with Crippen LogP contribution in [0.3, 0.4) is 0 Å². The highest BCUT2D eigenvalue weighted by Gasteiger charge is 2.45. The lowest BCUT2D eigenvalue weighted by Gasteiger charge is -2.30. The van der Waals surface area contributed by atoms with E-state index in [4.69, 9.17) is 36.0 Å². The lowest BCUT2D eigenvalue weighted by molar-refractivity contribution is -0.156. The first-order valence-corrected chi connectivity index (χ1v) is 18.3. The quantitative estimate of drug-likeness (QED) is 0.0991. The van der Waals surface area contributed by atoms with Crippen LogP contribution in [-0.2, 0) is 20.9 Å². The van der Waals surface area contributed by atoms with Gasteiger partial charge in [-0.25, -0.2) is 9.80 Å². The third-order valence-corrected chi connectivity index (χ3v) is 10.2. The van der Waals surface area contributed by atoms with Gasteiger partial charge in [-0.2, -0.15) is 10.2 Å². The van der Waals surface area contributed by atoms with E-state index in [1.165, 1.54) is 11.1 Å². The summed E-state index contributed by atoms with van der Waals surface area (Å²) in [6.45, 7) is 2.04. The number of hydrogen-bond acceptors (Lipinski definition) is 7. The number of ether oxygens (including phenoxy) is 3. The van der Waals surface area contributed by atoms with Crippen molar-refractivity contribution in [3.05, 3.63) is 148 Å². The standard InChI is InChI=1S/C44H41ClN4O5/c1-29(54-40(50)25-20-35-28-48(27-34-12-7-8-15-39(34)45)46-41(35)31-10-5-4-6-11-31)44(51)49-43(32-18-23-37(53-3)24-19-32)38-14-9-13-33(42(38)47-49)26-30-16-21-36(52-2)22-17-30/h4-8,10-12,15-26,28-29,38,43H,9,13-14,27H2,1-3H3/b25-20+,33-26+. The van der Waals surface area contributed by atoms with Gasteiger partial charge < -0.3 is 14.2 Å². The number of hydrogen-bond donors (Lipinski definition) is 0. The largest absolute Gasteiger partial charge is 0.497 e. The summed E-state index contributed by atoms with van der Waals surface area (Å²) in [6, 6.07) is 32.6. The summed E-state index contributed by atoms with van der Waals surface area (Å²) in [5.74, 6) is 0.423. The van der Waals surface area contributed by atoms with E-state index in [-0.39, 0.29) is 12.0 Å². The Hall–Kier alpha value is -5.93. The molecule has 1 fully saturated rings. The highest BCUT2D eigenvalue weighted by atomic mass is 35.5. The number of halogens is 1. The molecule has 0 radical (unpaired) electrons. The van der Waals surface area contributed by atoms with Gasteiger partial charge in [-0.1, -0.05) is 84.4 Å². The van der Waals surface area contributed by atoms with Crippen molar-refractivity contribution < 1.29 is 23.8 Å². The van der Waals surface area contributed by atoms with Crippen LogP contribution in [0.1, 0.15) is 54.5 Å². The van der Waals surface area contributed by atoms with Gasteiger partial charge in [0.05, 0.1) is 38.2 Å². The van der Waals surface area contributed by atoms with Crippen LogP contribution in [0.4, 0.5) is 0 Å². The number of esters is 1. The number of rotatable bonds is 11. The van der Waals surface area contributed by atoms with Gasteiger partial charge in [0.2, 0.25) is 0 Å². The van der Waals surface area contributed by atoms with Crippen molar-refractivity contribution in [2.75, 3.05) is 14.2 Å². The summed E-state index contributed by atoms with van der Waals surface area (Å²) in [5.41, 5.74) is 7.16. The number of fused-ring (bicyclic) bond motifs is 1. The summed E-state index contributed by atoms with van der Waals surface area (Å²) in [7, 11) is 3.27. The zero-order chi connectivity index (χ0) is 37.6. The van der Waals surface area contributed by atoms with Crippen molar-refractivity contribution in [3.8, 4) is 22.8 Å². The molecule has 0 bridgehead atoms. The highest BCUT2D eigenvalue weighted by molar-refractivity contribution is 6.31. The van der Waals surface area contributed by atoms with Gasteiger partial charge in [0.25, 0.3) is 5.91 Å². The molecule has 7 rings (SSSR count). The minimum Gasteiger partial charge on any atom is -0.497 e. The van der Waals surface area contributed by atoms with Crippen molar-refractivity contribution in [1.29, 1.82) is 0 Å². The van der Waals surface area contributed by atoms with Crippen LogP contribution in [0.25, 0.3) is 23.4 Å². The van der Waals surface area contributed by atoms with Crippen LogP contribution in [-0.4, -0.2) is 52.7 Å². The highest BCUT2D eigenvalue weighted by Crippen LogP contribution is 2.45. The van der Waals surface area contributed by atoms with Crippen molar-refractivity contribution >= 4 is 41.3 Å². The Kier molecular flexibility index (Phi) is 11.1. The molecule has 1 aliphatic carbocycles. The van der Waals surface area contributed by atoms with Crippen molar-refractivity contribution in [1.82, 2.24) is 14.8 Å². The molecule has 0 spiro atoms. The van der Waals surface area contributed by atoms with Crippen LogP contribution >= 0.6 is 11.6 Å². The zero-order valence-electron chi connectivity index (χ0n) is 30.4. The van der Waals surface area contributed by atoms with Crippen LogP contribution in [0.5, 0.6) is 11.5 Å². The maximum Gasteiger partial charge on any atom is 0.331 e. The molecule has 9 nitrogen and oxygen atoms in total. The van der Waals surface area contributed by atoms with E-state index in [1.54, 1.807) is 31.9 Å². The monoisotopic (exact) mass is 740 g/mol. The average Bonchev–Trinajstić information content (AvgIpc) is 3.80. The molecule has 3 unspecified atom stereocenters. The second-order valence-electron chi connectivity index (χ2n) is 13.3. The Bertz CT molecular complexity index is 2210. The zero-order valence-corrected chi connectivity index (χ0v) is 31.1. The minimum atomic E-state index is -1.10. The second-order valence-corrected chi connectivity index (χ2v) is 13.7. The molecule has 274 valence electrons. The number of nitrogens with zero attached hydrogens (tertiary/aromatic N) is 4. The maximum absolute atomic E-state index is 14.2. The van der Waals surface area contributed by atoms with Crippen LogP contribution in [0, 0.1) is 5.92 Å². The predicted octanol–water partition coefficient (Wildman–Crippen LogP) is 9.04. The van der Waals surface area contributed by atoms with E-state index in [1.807, 2.05) is 109 Å². The summed E-state index contributed by atoms with van der Waals surface area (Å²) < 4.78 is 18.3. The molecule has 0 saturated heterocycles. The Labute approximate surface area is 320 Å². The Morgan fingerprint density at radius 3 is 2.30 bits per heavy atom. The third kappa shape index (κ3) is 8.01. The summed E-state index contributed by atoms with van der Waals surface area (Å²) in [6.07, 6.45) is 8.56. The normalized spacial score (nSPS) is 18.0. The number of hydrazone groups is 1. The van der Waals surface area contributed by atoms with Crippen molar-refractivity contribution in [3.63, 3.8) is 0 Å². The van der Waals surface area contributed by atoms with Crippen molar-refractivity contribution in [2.24, 2.45) is 11.0 Å². The summed E-state index contributed by atoms with van der Waals surface area (Å²) in [4.78, 5) is 27.5. The van der Waals surface area contributed by atoms with Crippen LogP contribution in [0.15, 0.2) is 126 Å². The third-order valence-electron chi connectivity index (χ3n) is 9.81. The van der Waals surface area contributed by atoms with Crippen molar-refractivity contribution in [2.45, 2.75) is 44.9 Å². The smallest absolute Gasteiger partial charge is 0.331 e. The second kappa shape index (κ2) is 16.4. The van der Waals surface area contributed by atoms with Gasteiger partial charge in [0.15, 0.2) is 6.10 Å². The molecule has 3 atom stereocenters. The number of aromatic nitrogens is 2. The van der Waals surface area contributed by atoms with Gasteiger partial charge in [-0.05, 0) is 90.9 Å². The van der Waals surface area contributed by atoms with E-state index >= 15 is 0 Å². The molecule has 0 N–H and O–H groups in total. The van der Waals surface area contributed by atoms with Gasteiger partial charge in [0, 0.05) is 34.3 Å². The Morgan fingerprint density at radius 2 is 1.59 bits per heavy atom. The predicted molar refractivity (Wildman–Crippen MR) is 211 cm³/mol. The fourth-order valence-electron chi connectivity index (χ4n) is 7.09. The SMILES string of the molecule is COc1ccc(/C=C2\CCCC3C2=NN(C(=O)C(C)OC(=O)/C=C/c2cn(Cc4ccccc4Cl)nc2-c2ccccc2)C3c2ccc(OC)cc2)cc1. The Balaban J connectivity index is 1.13. The molecular formula is C44H41ClN4O5. The fraction of sp³-hybridized carbons (Fsp3) is 0.227. The topological polar surface area (TPSA) is 95.2 Å². The number of amides is 1. The number of benzene rings is 4. The molecule has 1 saturated carbocycles. The molecule has 1 amide bonds. The lowest BCUT2D eigenvalue weighted by Crippen LogP contribution is -2.38. The first-order valence-electron chi connectivity index (χ1n) is 18.0. The van der Waals surface area contributed by atoms with E-state index in [0.717, 1.165) is 69.9 Å². The molecule has 5 aromatic rings. The van der Waals surface area contributed by atoms with Crippen LogP contribution < -0.4 is 9.47 Å². The molecule has 10 heteroatoms. The van der Waals surface area contributed by atoms with Gasteiger partial charge in [0.1, 0.15) is 11.5 Å². The summed E-state index contributed by atoms with van der Waals surface area (Å²) >= 11 is 6.44.